The fraction of sp³-hybridized carbons (Fsp3) is 0.500. The molecule has 0 aliphatic rings. The number of carbonyl (C=O) groups is 1. The van der Waals surface area contributed by atoms with Crippen LogP contribution in [0, 0.1) is 0 Å². The number of carbonyl (C=O) groups excluding carboxylic acids is 1. The number of H-pyrrole nitrogens is 1. The zero-order valence-electron chi connectivity index (χ0n) is 10.8. The van der Waals surface area contributed by atoms with Crippen LogP contribution in [0.25, 0.3) is 0 Å². The Labute approximate surface area is 101 Å². The van der Waals surface area contributed by atoms with Crippen LogP contribution in [0.4, 0.5) is 10.6 Å². The van der Waals surface area contributed by atoms with E-state index >= 15 is 0 Å². The highest BCUT2D eigenvalue weighted by molar-refractivity contribution is 5.83. The summed E-state index contributed by atoms with van der Waals surface area (Å²) in [6.07, 6.45) is -0.528. The van der Waals surface area contributed by atoms with Gasteiger partial charge in [0.25, 0.3) is 0 Å². The molecule has 0 unspecified atom stereocenters. The molecule has 0 radical (unpaired) electrons. The maximum atomic E-state index is 11.3. The Morgan fingerprint density at radius 2 is 2.24 bits per heavy atom. The molecule has 1 amide bonds. The molecule has 94 valence electrons. The number of nitrogens with zero attached hydrogens (tertiary/aromatic N) is 1. The predicted molar refractivity (Wildman–Crippen MR) is 67.1 cm³/mol. The van der Waals surface area contributed by atoms with Crippen LogP contribution >= 0.6 is 0 Å². The van der Waals surface area contributed by atoms with Gasteiger partial charge >= 0.3 is 6.09 Å². The number of amides is 1. The molecule has 5 heteroatoms. The standard InChI is InChI=1S/C12H19N3O2/c1-8(2)7-17-11(16)13-10-6-9(14-15-10)12(3,4)5/h6H,1,7H2,2-5H3,(H2,13,14,15,16). The summed E-state index contributed by atoms with van der Waals surface area (Å²) in [6.45, 7) is 11.8. The smallest absolute Gasteiger partial charge is 0.413 e. The Bertz CT molecular complexity index is 416. The van der Waals surface area contributed by atoms with E-state index in [2.05, 4.69) is 42.9 Å². The first-order chi connectivity index (χ1) is 7.79. The lowest BCUT2D eigenvalue weighted by Crippen LogP contribution is -2.15. The fourth-order valence-electron chi connectivity index (χ4n) is 1.10. The van der Waals surface area contributed by atoms with Crippen molar-refractivity contribution in [3.05, 3.63) is 23.9 Å². The van der Waals surface area contributed by atoms with E-state index in [1.165, 1.54) is 0 Å². The van der Waals surface area contributed by atoms with Gasteiger partial charge in [0.1, 0.15) is 6.61 Å². The molecule has 0 saturated heterocycles. The molecule has 0 fully saturated rings. The lowest BCUT2D eigenvalue weighted by Gasteiger charge is -2.14. The summed E-state index contributed by atoms with van der Waals surface area (Å²) < 4.78 is 4.90. The molecule has 0 aliphatic carbocycles. The first-order valence-corrected chi connectivity index (χ1v) is 5.43. The fourth-order valence-corrected chi connectivity index (χ4v) is 1.10. The Kier molecular flexibility index (Phi) is 3.93. The molecule has 0 saturated carbocycles. The van der Waals surface area contributed by atoms with Gasteiger partial charge in [-0.05, 0) is 12.5 Å². The monoisotopic (exact) mass is 237 g/mol. The molecule has 1 aromatic rings. The van der Waals surface area contributed by atoms with Gasteiger partial charge in [0.15, 0.2) is 5.82 Å². The summed E-state index contributed by atoms with van der Waals surface area (Å²) in [5.41, 5.74) is 1.71. The number of nitrogens with one attached hydrogen (secondary N) is 2. The highest BCUT2D eigenvalue weighted by Crippen LogP contribution is 2.21. The van der Waals surface area contributed by atoms with Crippen LogP contribution in [0.1, 0.15) is 33.4 Å². The number of rotatable bonds is 3. The van der Waals surface area contributed by atoms with Crippen LogP contribution in [-0.2, 0) is 10.2 Å². The van der Waals surface area contributed by atoms with E-state index in [-0.39, 0.29) is 12.0 Å². The van der Waals surface area contributed by atoms with E-state index in [4.69, 9.17) is 4.74 Å². The van der Waals surface area contributed by atoms with Gasteiger partial charge in [0.05, 0.1) is 0 Å². The van der Waals surface area contributed by atoms with Gasteiger partial charge in [0, 0.05) is 17.2 Å². The van der Waals surface area contributed by atoms with Crippen LogP contribution in [0.2, 0.25) is 0 Å². The van der Waals surface area contributed by atoms with Gasteiger partial charge in [-0.3, -0.25) is 10.4 Å². The normalized spacial score (nSPS) is 11.1. The van der Waals surface area contributed by atoms with Crippen molar-refractivity contribution in [1.82, 2.24) is 10.2 Å². The van der Waals surface area contributed by atoms with Crippen LogP contribution in [0.3, 0.4) is 0 Å². The van der Waals surface area contributed by atoms with Crippen LogP contribution in [0.5, 0.6) is 0 Å². The van der Waals surface area contributed by atoms with Crippen LogP contribution < -0.4 is 5.32 Å². The quantitative estimate of drug-likeness (QED) is 0.794. The Morgan fingerprint density at radius 1 is 1.59 bits per heavy atom. The molecular weight excluding hydrogens is 218 g/mol. The molecule has 1 aromatic heterocycles. The molecule has 5 nitrogen and oxygen atoms in total. The third-order valence-electron chi connectivity index (χ3n) is 2.07. The van der Waals surface area contributed by atoms with Gasteiger partial charge in [-0.2, -0.15) is 5.10 Å². The second-order valence-electron chi connectivity index (χ2n) is 5.08. The Hall–Kier alpha value is -1.78. The first kappa shape index (κ1) is 13.3. The molecule has 0 spiro atoms. The van der Waals surface area contributed by atoms with E-state index in [0.717, 1.165) is 11.3 Å². The van der Waals surface area contributed by atoms with Gasteiger partial charge in [-0.15, -0.1) is 0 Å². The predicted octanol–water partition coefficient (Wildman–Crippen LogP) is 2.83. The van der Waals surface area contributed by atoms with Crippen molar-refractivity contribution < 1.29 is 9.53 Å². The van der Waals surface area contributed by atoms with E-state index < -0.39 is 6.09 Å². The van der Waals surface area contributed by atoms with E-state index in [1.54, 1.807) is 13.0 Å². The number of hydrogen-bond acceptors (Lipinski definition) is 3. The van der Waals surface area contributed by atoms with Crippen molar-refractivity contribution in [2.75, 3.05) is 11.9 Å². The van der Waals surface area contributed by atoms with Crippen LogP contribution in [-0.4, -0.2) is 22.9 Å². The number of aromatic amines is 1. The number of ether oxygens (including phenoxy) is 1. The molecule has 0 aromatic carbocycles. The second kappa shape index (κ2) is 5.03. The molecule has 1 rings (SSSR count). The topological polar surface area (TPSA) is 67.0 Å². The lowest BCUT2D eigenvalue weighted by molar-refractivity contribution is 0.171. The number of hydrogen-bond donors (Lipinski definition) is 2. The maximum Gasteiger partial charge on any atom is 0.413 e. The van der Waals surface area contributed by atoms with Crippen LogP contribution in [0.15, 0.2) is 18.2 Å². The van der Waals surface area contributed by atoms with E-state index in [1.807, 2.05) is 0 Å². The third kappa shape index (κ3) is 4.30. The average Bonchev–Trinajstić information content (AvgIpc) is 2.62. The minimum atomic E-state index is -0.528. The third-order valence-corrected chi connectivity index (χ3v) is 2.07. The molecule has 0 bridgehead atoms. The molecular formula is C12H19N3O2. The van der Waals surface area contributed by atoms with Crippen molar-refractivity contribution in [2.24, 2.45) is 0 Å². The van der Waals surface area contributed by atoms with E-state index in [9.17, 15) is 4.79 Å². The van der Waals surface area contributed by atoms with Gasteiger partial charge in [-0.1, -0.05) is 27.4 Å². The average molecular weight is 237 g/mol. The zero-order chi connectivity index (χ0) is 13.1. The second-order valence-corrected chi connectivity index (χ2v) is 5.08. The van der Waals surface area contributed by atoms with Crippen molar-refractivity contribution in [3.8, 4) is 0 Å². The number of aromatic nitrogens is 2. The van der Waals surface area contributed by atoms with Crippen molar-refractivity contribution in [1.29, 1.82) is 0 Å². The SMILES string of the molecule is C=C(C)COC(=O)Nc1cc(C(C)(C)C)[nH]n1. The molecule has 1 heterocycles. The summed E-state index contributed by atoms with van der Waals surface area (Å²) in [4.78, 5) is 11.3. The number of anilines is 1. The molecule has 17 heavy (non-hydrogen) atoms. The summed E-state index contributed by atoms with van der Waals surface area (Å²) in [7, 11) is 0. The van der Waals surface area contributed by atoms with Crippen molar-refractivity contribution in [3.63, 3.8) is 0 Å². The Morgan fingerprint density at radius 3 is 2.71 bits per heavy atom. The first-order valence-electron chi connectivity index (χ1n) is 5.43. The van der Waals surface area contributed by atoms with Crippen molar-refractivity contribution in [2.45, 2.75) is 33.1 Å². The zero-order valence-corrected chi connectivity index (χ0v) is 10.8. The molecule has 2 N–H and O–H groups in total. The Balaban J connectivity index is 2.55. The summed E-state index contributed by atoms with van der Waals surface area (Å²) in [5.74, 6) is 0.460. The van der Waals surface area contributed by atoms with E-state index in [0.29, 0.717) is 5.82 Å². The highest BCUT2D eigenvalue weighted by Gasteiger charge is 2.17. The van der Waals surface area contributed by atoms with Gasteiger partial charge in [-0.25, -0.2) is 4.79 Å². The largest absolute Gasteiger partial charge is 0.445 e. The minimum Gasteiger partial charge on any atom is -0.445 e. The minimum absolute atomic E-state index is 0.0332. The summed E-state index contributed by atoms with van der Waals surface area (Å²) in [6, 6.07) is 1.79. The summed E-state index contributed by atoms with van der Waals surface area (Å²) in [5, 5.41) is 9.41. The summed E-state index contributed by atoms with van der Waals surface area (Å²) >= 11 is 0. The van der Waals surface area contributed by atoms with Gasteiger partial charge in [0.2, 0.25) is 0 Å². The highest BCUT2D eigenvalue weighted by atomic mass is 16.5. The maximum absolute atomic E-state index is 11.3. The lowest BCUT2D eigenvalue weighted by atomic mass is 9.92. The molecule has 0 atom stereocenters. The van der Waals surface area contributed by atoms with Crippen molar-refractivity contribution >= 4 is 11.9 Å². The van der Waals surface area contributed by atoms with Gasteiger partial charge < -0.3 is 4.74 Å². The molecule has 0 aliphatic heterocycles.